The molecule has 0 unspecified atom stereocenters. The number of fused-ring (bicyclic) bond motifs is 3. The third-order valence-electron chi connectivity index (χ3n) is 13.0. The number of aliphatic hydroxyl groups excluding tert-OH is 1. The molecule has 1 spiro atoms. The van der Waals surface area contributed by atoms with Crippen LogP contribution in [-0.4, -0.2) is 69.3 Å². The van der Waals surface area contributed by atoms with Crippen molar-refractivity contribution >= 4 is 48.5 Å². The van der Waals surface area contributed by atoms with Gasteiger partial charge in [0.25, 0.3) is 5.91 Å². The fourth-order valence-electron chi connectivity index (χ4n) is 9.96. The van der Waals surface area contributed by atoms with Crippen LogP contribution in [0.2, 0.25) is 18.6 Å². The molecule has 304 valence electrons. The fourth-order valence-corrected chi connectivity index (χ4v) is 14.0. The Labute approximate surface area is 346 Å². The Balaban J connectivity index is 1.19. The Hall–Kier alpha value is -5.75. The first-order chi connectivity index (χ1) is 28.5. The monoisotopic (exact) mass is 809 g/mol. The first-order valence-corrected chi connectivity index (χ1v) is 23.3. The van der Waals surface area contributed by atoms with E-state index in [2.05, 4.69) is 38.2 Å². The summed E-state index contributed by atoms with van der Waals surface area (Å²) in [5.41, 5.74) is 4.28. The molecule has 8 rings (SSSR count). The van der Waals surface area contributed by atoms with Gasteiger partial charge in [-0.25, -0.2) is 0 Å². The van der Waals surface area contributed by atoms with Gasteiger partial charge in [0.05, 0.1) is 59.7 Å². The summed E-state index contributed by atoms with van der Waals surface area (Å²) < 4.78 is 18.6. The molecule has 59 heavy (non-hydrogen) atoms. The van der Waals surface area contributed by atoms with Gasteiger partial charge in [-0.05, 0) is 83.2 Å². The average Bonchev–Trinajstić information content (AvgIpc) is 3.69. The second kappa shape index (κ2) is 16.1. The van der Waals surface area contributed by atoms with E-state index in [1.807, 2.05) is 103 Å². The van der Waals surface area contributed by atoms with E-state index < -0.39 is 19.8 Å². The number of benzene rings is 5. The minimum Gasteiger partial charge on any atom is -0.497 e. The Morgan fingerprint density at radius 2 is 1.56 bits per heavy atom. The molecule has 11 heteroatoms. The van der Waals surface area contributed by atoms with E-state index in [1.165, 1.54) is 0 Å². The molecular formula is C48H51N3O7Si. The van der Waals surface area contributed by atoms with Gasteiger partial charge < -0.3 is 29.1 Å². The molecular weight excluding hydrogens is 759 g/mol. The van der Waals surface area contributed by atoms with Crippen LogP contribution >= 0.6 is 0 Å². The lowest BCUT2D eigenvalue weighted by atomic mass is 9.82. The van der Waals surface area contributed by atoms with Crippen LogP contribution in [0.5, 0.6) is 11.5 Å². The van der Waals surface area contributed by atoms with Gasteiger partial charge in [0.2, 0.25) is 12.3 Å². The molecule has 5 aromatic carbocycles. The molecule has 3 heterocycles. The molecule has 1 N–H and O–H groups in total. The molecule has 1 fully saturated rings. The number of carbonyl (C=O) groups excluding carboxylic acids is 3. The van der Waals surface area contributed by atoms with Gasteiger partial charge in [0, 0.05) is 29.4 Å². The minimum absolute atomic E-state index is 0.0532. The smallest absolute Gasteiger partial charge is 0.264 e. The molecule has 3 aliphatic heterocycles. The van der Waals surface area contributed by atoms with Gasteiger partial charge in [-0.2, -0.15) is 0 Å². The van der Waals surface area contributed by atoms with Crippen molar-refractivity contribution < 1.29 is 33.7 Å². The van der Waals surface area contributed by atoms with Crippen molar-refractivity contribution in [2.24, 2.45) is 5.92 Å². The number of carbonyl (C=O) groups is 3. The van der Waals surface area contributed by atoms with Crippen molar-refractivity contribution in [1.29, 1.82) is 0 Å². The highest BCUT2D eigenvalue weighted by Gasteiger charge is 2.66. The zero-order chi connectivity index (χ0) is 41.5. The molecule has 1 saturated heterocycles. The van der Waals surface area contributed by atoms with Gasteiger partial charge >= 0.3 is 0 Å². The molecule has 3 amide bonds. The minimum atomic E-state index is -2.57. The highest BCUT2D eigenvalue weighted by Crippen LogP contribution is 2.60. The van der Waals surface area contributed by atoms with Crippen LogP contribution < -0.4 is 24.5 Å². The number of hydrogen-bond donors (Lipinski definition) is 1. The standard InChI is InChI=1S/C48H51N3O7Si/c1-32-46(59(4,5)41-21-18-39(56-2)19-22-41)44(27-45(54)49-29-35-14-10-9-13-34(35)25-38(49)30-52)58-48(32)42-26-40(57-3)20-23-43(42)50(47(48)55)28-33-12-11-17-37(24-33)51(31-53)36-15-7-6-8-16-36/h6-24,26,31-32,38,44,46,52H,25,27-30H2,1-5H3/t32-,38+,44+,46-,48+/m1/s1. The summed E-state index contributed by atoms with van der Waals surface area (Å²) in [5, 5.41) is 11.7. The van der Waals surface area contributed by atoms with E-state index in [-0.39, 0.29) is 48.9 Å². The van der Waals surface area contributed by atoms with E-state index in [9.17, 15) is 14.7 Å². The third-order valence-corrected chi connectivity index (χ3v) is 17.3. The lowest BCUT2D eigenvalue weighted by Crippen LogP contribution is -2.52. The molecule has 10 nitrogen and oxygen atoms in total. The molecule has 0 radical (unpaired) electrons. The Bertz CT molecular complexity index is 2350. The fraction of sp³-hybridized carbons (Fsp3) is 0.312. The Morgan fingerprint density at radius 3 is 2.25 bits per heavy atom. The maximum atomic E-state index is 15.5. The number of ether oxygens (including phenoxy) is 3. The largest absolute Gasteiger partial charge is 0.497 e. The summed E-state index contributed by atoms with van der Waals surface area (Å²) in [6, 6.07) is 38.6. The molecule has 0 saturated carbocycles. The predicted octanol–water partition coefficient (Wildman–Crippen LogP) is 7.10. The van der Waals surface area contributed by atoms with Crippen LogP contribution in [0.4, 0.5) is 17.1 Å². The lowest BCUT2D eigenvalue weighted by molar-refractivity contribution is -0.151. The molecule has 0 aromatic heterocycles. The number of methoxy groups -OCH3 is 2. The van der Waals surface area contributed by atoms with Crippen molar-refractivity contribution in [2.75, 3.05) is 30.6 Å². The second-order valence-corrected chi connectivity index (χ2v) is 21.1. The van der Waals surface area contributed by atoms with Gasteiger partial charge in [-0.3, -0.25) is 19.3 Å². The number of para-hydroxylation sites is 1. The molecule has 5 atom stereocenters. The Morgan fingerprint density at radius 1 is 0.881 bits per heavy atom. The topological polar surface area (TPSA) is 109 Å². The SMILES string of the molecule is COc1ccc([Si](C)(C)[C@H]2[C@H](CC(=O)N3Cc4ccccc4C[C@H]3CO)O[C@@]3(C(=O)N(Cc4cccc(N(C=O)c5ccccc5)c4)c4ccc(OC)cc43)[C@@H]2C)cc1. The summed E-state index contributed by atoms with van der Waals surface area (Å²) in [4.78, 5) is 47.7. The van der Waals surface area contributed by atoms with Crippen LogP contribution in [0, 0.1) is 5.92 Å². The average molecular weight is 810 g/mol. The molecule has 3 aliphatic rings. The van der Waals surface area contributed by atoms with Crippen molar-refractivity contribution in [2.45, 2.75) is 69.2 Å². The second-order valence-electron chi connectivity index (χ2n) is 16.4. The summed E-state index contributed by atoms with van der Waals surface area (Å²) >= 11 is 0. The van der Waals surface area contributed by atoms with E-state index in [1.54, 1.807) is 28.9 Å². The number of nitrogens with zero attached hydrogens (tertiary/aromatic N) is 3. The first-order valence-electron chi connectivity index (χ1n) is 20.2. The highest BCUT2D eigenvalue weighted by atomic mass is 28.3. The lowest BCUT2D eigenvalue weighted by Gasteiger charge is -2.39. The van der Waals surface area contributed by atoms with Crippen molar-refractivity contribution in [3.05, 3.63) is 144 Å². The zero-order valence-electron chi connectivity index (χ0n) is 34.2. The first kappa shape index (κ1) is 40.0. The van der Waals surface area contributed by atoms with Crippen molar-refractivity contribution in [3.8, 4) is 11.5 Å². The quantitative estimate of drug-likeness (QED) is 0.106. The maximum absolute atomic E-state index is 15.5. The van der Waals surface area contributed by atoms with Crippen LogP contribution in [0.1, 0.15) is 35.6 Å². The number of amides is 3. The summed E-state index contributed by atoms with van der Waals surface area (Å²) in [6.07, 6.45) is 0.799. The number of aliphatic hydroxyl groups is 1. The number of hydrogen-bond acceptors (Lipinski definition) is 7. The van der Waals surface area contributed by atoms with Gasteiger partial charge in [-0.15, -0.1) is 0 Å². The number of rotatable bonds is 12. The zero-order valence-corrected chi connectivity index (χ0v) is 35.2. The summed E-state index contributed by atoms with van der Waals surface area (Å²) in [6.45, 7) is 7.17. The van der Waals surface area contributed by atoms with E-state index in [0.717, 1.165) is 39.7 Å². The molecule has 0 aliphatic carbocycles. The highest BCUT2D eigenvalue weighted by molar-refractivity contribution is 6.91. The maximum Gasteiger partial charge on any atom is 0.264 e. The van der Waals surface area contributed by atoms with Gasteiger partial charge in [-0.1, -0.05) is 91.9 Å². The normalized spacial score (nSPS) is 22.2. The third kappa shape index (κ3) is 7.00. The van der Waals surface area contributed by atoms with E-state index >= 15 is 4.79 Å². The molecule has 5 aromatic rings. The van der Waals surface area contributed by atoms with Crippen molar-refractivity contribution in [1.82, 2.24) is 4.90 Å². The van der Waals surface area contributed by atoms with Crippen LogP contribution in [-0.2, 0) is 44.2 Å². The van der Waals surface area contributed by atoms with E-state index in [4.69, 9.17) is 14.2 Å². The summed E-state index contributed by atoms with van der Waals surface area (Å²) in [7, 11) is 0.689. The van der Waals surface area contributed by atoms with Crippen molar-refractivity contribution in [3.63, 3.8) is 0 Å². The Kier molecular flexibility index (Phi) is 10.9. The number of anilines is 3. The predicted molar refractivity (Wildman–Crippen MR) is 231 cm³/mol. The van der Waals surface area contributed by atoms with E-state index in [0.29, 0.717) is 35.7 Å². The van der Waals surface area contributed by atoms with Crippen LogP contribution in [0.15, 0.2) is 121 Å². The van der Waals surface area contributed by atoms with Gasteiger partial charge in [0.1, 0.15) is 11.5 Å². The molecule has 0 bridgehead atoms. The van der Waals surface area contributed by atoms with Gasteiger partial charge in [0.15, 0.2) is 5.60 Å². The van der Waals surface area contributed by atoms with Crippen LogP contribution in [0.3, 0.4) is 0 Å². The van der Waals surface area contributed by atoms with Crippen LogP contribution in [0.25, 0.3) is 0 Å². The summed E-state index contributed by atoms with van der Waals surface area (Å²) in [5.74, 6) is 0.692.